The molecule has 2 N–H and O–H groups in total. The fraction of sp³-hybridized carbons (Fsp3) is 0.250. The molecule has 0 bridgehead atoms. The van der Waals surface area contributed by atoms with Crippen LogP contribution in [0, 0.1) is 5.92 Å². The first kappa shape index (κ1) is 31.8. The number of para-hydroxylation sites is 1. The number of ketones is 1. The SMILES string of the molecule is COc1cccc(N(CCCOc2ccc(C[C@H](Nc3ccccc3C(=O)c3ccccc3)C(=O)O)cc2)C(=O)C(C)C)c1. The van der Waals surface area contributed by atoms with Crippen molar-refractivity contribution < 1.29 is 29.0 Å². The smallest absolute Gasteiger partial charge is 0.326 e. The molecule has 0 aliphatic carbocycles. The third-order valence-electron chi connectivity index (χ3n) is 7.12. The Morgan fingerprint density at radius 1 is 0.841 bits per heavy atom. The van der Waals surface area contributed by atoms with Crippen LogP contribution in [-0.2, 0) is 16.0 Å². The summed E-state index contributed by atoms with van der Waals surface area (Å²) in [5, 5.41) is 13.0. The molecule has 0 unspecified atom stereocenters. The van der Waals surface area contributed by atoms with E-state index >= 15 is 0 Å². The molecule has 8 heteroatoms. The van der Waals surface area contributed by atoms with Gasteiger partial charge in [-0.2, -0.15) is 0 Å². The Morgan fingerprint density at radius 2 is 1.55 bits per heavy atom. The molecule has 0 saturated carbocycles. The van der Waals surface area contributed by atoms with Crippen LogP contribution < -0.4 is 19.7 Å². The highest BCUT2D eigenvalue weighted by Gasteiger charge is 2.22. The van der Waals surface area contributed by atoms with E-state index in [1.54, 1.807) is 72.7 Å². The van der Waals surface area contributed by atoms with E-state index in [2.05, 4.69) is 5.32 Å². The molecule has 4 aromatic rings. The standard InChI is InChI=1S/C36H38N2O6/c1-25(2)35(40)38(28-13-9-14-30(24-28)43-3)21-10-22-44-29-19-17-26(18-20-29)23-33(36(41)42)37-32-16-8-7-15-31(32)34(39)27-11-5-4-6-12-27/h4-9,11-20,24-25,33,37H,10,21-23H2,1-3H3,(H,41,42)/t33-/m0/s1. The summed E-state index contributed by atoms with van der Waals surface area (Å²) in [4.78, 5) is 39.9. The van der Waals surface area contributed by atoms with E-state index in [1.807, 2.05) is 56.3 Å². The van der Waals surface area contributed by atoms with Gasteiger partial charge in [-0.3, -0.25) is 9.59 Å². The Hall–Kier alpha value is -5.11. The van der Waals surface area contributed by atoms with Crippen molar-refractivity contribution >= 4 is 29.0 Å². The number of hydrogen-bond acceptors (Lipinski definition) is 6. The second kappa shape index (κ2) is 15.4. The first-order chi connectivity index (χ1) is 21.3. The van der Waals surface area contributed by atoms with Gasteiger partial charge in [0, 0.05) is 47.5 Å². The molecule has 0 aromatic heterocycles. The van der Waals surface area contributed by atoms with Gasteiger partial charge in [0.25, 0.3) is 0 Å². The first-order valence-electron chi connectivity index (χ1n) is 14.6. The minimum atomic E-state index is -1.02. The number of rotatable bonds is 15. The lowest BCUT2D eigenvalue weighted by molar-refractivity contribution is -0.137. The summed E-state index contributed by atoms with van der Waals surface area (Å²) < 4.78 is 11.3. The molecule has 0 radical (unpaired) electrons. The fourth-order valence-electron chi connectivity index (χ4n) is 4.77. The van der Waals surface area contributed by atoms with Crippen LogP contribution in [0.5, 0.6) is 11.5 Å². The number of benzene rings is 4. The van der Waals surface area contributed by atoms with E-state index in [0.29, 0.717) is 47.9 Å². The molecule has 4 aromatic carbocycles. The number of carboxylic acids is 1. The van der Waals surface area contributed by atoms with Gasteiger partial charge in [0.15, 0.2) is 5.78 Å². The zero-order valence-corrected chi connectivity index (χ0v) is 25.2. The van der Waals surface area contributed by atoms with Crippen molar-refractivity contribution in [3.8, 4) is 11.5 Å². The van der Waals surface area contributed by atoms with E-state index in [1.165, 1.54) is 0 Å². The molecule has 4 rings (SSSR count). The molecule has 0 saturated heterocycles. The monoisotopic (exact) mass is 594 g/mol. The molecular weight excluding hydrogens is 556 g/mol. The van der Waals surface area contributed by atoms with Crippen molar-refractivity contribution in [2.24, 2.45) is 5.92 Å². The molecule has 44 heavy (non-hydrogen) atoms. The number of aliphatic carboxylic acids is 1. The molecule has 0 aliphatic rings. The van der Waals surface area contributed by atoms with Gasteiger partial charge in [0.05, 0.1) is 13.7 Å². The van der Waals surface area contributed by atoms with Crippen LogP contribution in [0.3, 0.4) is 0 Å². The largest absolute Gasteiger partial charge is 0.497 e. The van der Waals surface area contributed by atoms with E-state index in [4.69, 9.17) is 9.47 Å². The van der Waals surface area contributed by atoms with Gasteiger partial charge in [-0.25, -0.2) is 4.79 Å². The van der Waals surface area contributed by atoms with Crippen molar-refractivity contribution in [1.82, 2.24) is 0 Å². The third-order valence-corrected chi connectivity index (χ3v) is 7.12. The van der Waals surface area contributed by atoms with E-state index in [0.717, 1.165) is 11.3 Å². The van der Waals surface area contributed by atoms with Crippen molar-refractivity contribution in [3.63, 3.8) is 0 Å². The van der Waals surface area contributed by atoms with Gasteiger partial charge < -0.3 is 24.8 Å². The molecule has 0 aliphatic heterocycles. The average Bonchev–Trinajstić information content (AvgIpc) is 3.05. The van der Waals surface area contributed by atoms with Crippen LogP contribution in [-0.4, -0.2) is 49.1 Å². The molecule has 0 fully saturated rings. The fourth-order valence-corrected chi connectivity index (χ4v) is 4.77. The van der Waals surface area contributed by atoms with Crippen LogP contribution in [0.2, 0.25) is 0 Å². The second-order valence-electron chi connectivity index (χ2n) is 10.7. The average molecular weight is 595 g/mol. The molecular formula is C36H38N2O6. The number of carbonyl (C=O) groups excluding carboxylic acids is 2. The number of amides is 1. The molecule has 228 valence electrons. The molecule has 1 amide bonds. The zero-order chi connectivity index (χ0) is 31.5. The predicted octanol–water partition coefficient (Wildman–Crippen LogP) is 6.49. The summed E-state index contributed by atoms with van der Waals surface area (Å²) in [6, 6.07) is 29.6. The number of carboxylic acid groups (broad SMARTS) is 1. The van der Waals surface area contributed by atoms with Gasteiger partial charge in [0.2, 0.25) is 5.91 Å². The highest BCUT2D eigenvalue weighted by molar-refractivity contribution is 6.12. The molecule has 0 spiro atoms. The molecule has 1 atom stereocenters. The van der Waals surface area contributed by atoms with E-state index in [-0.39, 0.29) is 24.0 Å². The summed E-state index contributed by atoms with van der Waals surface area (Å²) in [6.45, 7) is 4.64. The Balaban J connectivity index is 1.35. The van der Waals surface area contributed by atoms with Gasteiger partial charge >= 0.3 is 5.97 Å². The molecule has 0 heterocycles. The summed E-state index contributed by atoms with van der Waals surface area (Å²) in [5.74, 6) is -0.00246. The normalized spacial score (nSPS) is 11.5. The van der Waals surface area contributed by atoms with Crippen molar-refractivity contribution in [2.75, 3.05) is 30.5 Å². The number of anilines is 2. The number of carbonyl (C=O) groups is 3. The zero-order valence-electron chi connectivity index (χ0n) is 25.2. The maximum absolute atomic E-state index is 13.1. The number of nitrogens with one attached hydrogen (secondary N) is 1. The van der Waals surface area contributed by atoms with Gasteiger partial charge in [0.1, 0.15) is 17.5 Å². The number of ether oxygens (including phenoxy) is 2. The van der Waals surface area contributed by atoms with Crippen LogP contribution in [0.15, 0.2) is 103 Å². The maximum atomic E-state index is 13.1. The van der Waals surface area contributed by atoms with Crippen LogP contribution >= 0.6 is 0 Å². The van der Waals surface area contributed by atoms with Crippen LogP contribution in [0.25, 0.3) is 0 Å². The van der Waals surface area contributed by atoms with Crippen LogP contribution in [0.1, 0.15) is 41.8 Å². The van der Waals surface area contributed by atoms with E-state index in [9.17, 15) is 19.5 Å². The highest BCUT2D eigenvalue weighted by Crippen LogP contribution is 2.24. The highest BCUT2D eigenvalue weighted by atomic mass is 16.5. The van der Waals surface area contributed by atoms with E-state index < -0.39 is 12.0 Å². The Bertz CT molecular complexity index is 1550. The summed E-state index contributed by atoms with van der Waals surface area (Å²) in [7, 11) is 1.60. The number of hydrogen-bond donors (Lipinski definition) is 2. The summed E-state index contributed by atoms with van der Waals surface area (Å²) in [5.41, 5.74) is 2.99. The number of nitrogens with zero attached hydrogens (tertiary/aromatic N) is 1. The quantitative estimate of drug-likeness (QED) is 0.120. The van der Waals surface area contributed by atoms with Crippen molar-refractivity contribution in [3.05, 3.63) is 120 Å². The van der Waals surface area contributed by atoms with Crippen molar-refractivity contribution in [2.45, 2.75) is 32.7 Å². The molecule has 8 nitrogen and oxygen atoms in total. The topological polar surface area (TPSA) is 105 Å². The third kappa shape index (κ3) is 8.47. The summed E-state index contributed by atoms with van der Waals surface area (Å²) >= 11 is 0. The minimum absolute atomic E-state index is 0.0243. The van der Waals surface area contributed by atoms with Gasteiger partial charge in [-0.15, -0.1) is 0 Å². The van der Waals surface area contributed by atoms with Crippen LogP contribution in [0.4, 0.5) is 11.4 Å². The Morgan fingerprint density at radius 3 is 2.23 bits per heavy atom. The van der Waals surface area contributed by atoms with Crippen molar-refractivity contribution in [1.29, 1.82) is 0 Å². The number of methoxy groups -OCH3 is 1. The van der Waals surface area contributed by atoms with Gasteiger partial charge in [-0.1, -0.05) is 74.5 Å². The second-order valence-corrected chi connectivity index (χ2v) is 10.7. The summed E-state index contributed by atoms with van der Waals surface area (Å²) in [6.07, 6.45) is 0.819. The Labute approximate surface area is 258 Å². The predicted molar refractivity (Wildman–Crippen MR) is 172 cm³/mol. The van der Waals surface area contributed by atoms with Gasteiger partial charge in [-0.05, 0) is 48.4 Å². The minimum Gasteiger partial charge on any atom is -0.497 e. The lowest BCUT2D eigenvalue weighted by Gasteiger charge is -2.25. The lowest BCUT2D eigenvalue weighted by atomic mass is 10.00. The first-order valence-corrected chi connectivity index (χ1v) is 14.6. The maximum Gasteiger partial charge on any atom is 0.326 e. The lowest BCUT2D eigenvalue weighted by Crippen LogP contribution is -2.35. The Kier molecular flexibility index (Phi) is 11.1.